The molecule has 0 amide bonds. The summed E-state index contributed by atoms with van der Waals surface area (Å²) in [5, 5.41) is 19.1. The third-order valence-electron chi connectivity index (χ3n) is 1.69. The fraction of sp³-hybridized carbons (Fsp3) is 0. The molecule has 0 saturated heterocycles. The van der Waals surface area contributed by atoms with E-state index in [2.05, 4.69) is 0 Å². The summed E-state index contributed by atoms with van der Waals surface area (Å²) in [5.74, 6) is -3.26. The minimum atomic E-state index is -4.67. The average molecular weight is 252 g/mol. The fourth-order valence-corrected chi connectivity index (χ4v) is 1.54. The third-order valence-corrected chi connectivity index (χ3v) is 2.52. The van der Waals surface area contributed by atoms with Crippen LogP contribution in [0.25, 0.3) is 0 Å². The third kappa shape index (κ3) is 3.87. The summed E-state index contributed by atoms with van der Waals surface area (Å²) in [6.07, 6.45) is 0. The van der Waals surface area contributed by atoms with Crippen LogP contribution in [0.5, 0.6) is 0 Å². The van der Waals surface area contributed by atoms with Gasteiger partial charge in [0.05, 0.1) is 16.4 Å². The molecular weight excluding hydrogens is 247 g/mol. The van der Waals surface area contributed by atoms with E-state index in [9.17, 15) is 23.1 Å². The molecule has 1 rings (SSSR count). The number of aromatic carboxylic acids is 2. The van der Waals surface area contributed by atoms with Gasteiger partial charge in [-0.25, -0.2) is 4.79 Å². The predicted molar refractivity (Wildman–Crippen MR) is 47.5 cm³/mol. The fourth-order valence-electron chi connectivity index (χ4n) is 0.989. The van der Waals surface area contributed by atoms with Crippen molar-refractivity contribution in [2.75, 3.05) is 0 Å². The van der Waals surface area contributed by atoms with Gasteiger partial charge in [0.2, 0.25) is 0 Å². The first-order valence-corrected chi connectivity index (χ1v) is 5.23. The molecule has 0 atom stereocenters. The Balaban J connectivity index is 0.00000256. The molecule has 0 fully saturated rings. The number of carbonyl (C=O) groups is 2. The van der Waals surface area contributed by atoms with Crippen LogP contribution in [0.15, 0.2) is 23.1 Å². The molecule has 2 N–H and O–H groups in total. The summed E-state index contributed by atoms with van der Waals surface area (Å²) >= 11 is 0. The van der Waals surface area contributed by atoms with Crippen LogP contribution in [0.4, 0.5) is 0 Å². The van der Waals surface area contributed by atoms with E-state index in [4.69, 9.17) is 9.66 Å². The summed E-state index contributed by atoms with van der Waals surface area (Å²) in [7, 11) is -4.67. The maximum atomic E-state index is 10.7. The number of carboxylic acids is 2. The van der Waals surface area contributed by atoms with E-state index in [0.29, 0.717) is 12.1 Å². The van der Waals surface area contributed by atoms with Gasteiger partial charge in [0.25, 0.3) is 10.1 Å². The molecule has 1 aromatic carbocycles. The Morgan fingerprint density at radius 2 is 1.59 bits per heavy atom. The first-order valence-electron chi connectivity index (χ1n) is 3.79. The van der Waals surface area contributed by atoms with Crippen molar-refractivity contribution in [2.24, 2.45) is 0 Å². The molecule has 1 aromatic rings. The van der Waals surface area contributed by atoms with E-state index in [1.54, 1.807) is 0 Å². The Morgan fingerprint density at radius 3 is 1.94 bits per heavy atom. The first-order chi connectivity index (χ1) is 7.21. The molecule has 7 nitrogen and oxygen atoms in total. The number of carboxylic acid groups (broad SMARTS) is 2. The maximum absolute atomic E-state index is 10.7. The topological polar surface area (TPSA) is 132 Å². The van der Waals surface area contributed by atoms with Crippen LogP contribution in [0.3, 0.4) is 0 Å². The van der Waals surface area contributed by atoms with Crippen LogP contribution in [-0.2, 0) is 10.1 Å². The van der Waals surface area contributed by atoms with Gasteiger partial charge in [-0.3, -0.25) is 4.55 Å². The van der Waals surface area contributed by atoms with Crippen LogP contribution < -0.4 is 24.0 Å². The molecule has 0 unspecified atom stereocenters. The van der Waals surface area contributed by atoms with Gasteiger partial charge >= 0.3 is 24.8 Å². The molecule has 0 aliphatic heterocycles. The van der Waals surface area contributed by atoms with Crippen molar-refractivity contribution in [3.8, 4) is 0 Å². The first kappa shape index (κ1) is 15.7. The zero-order valence-corrected chi connectivity index (χ0v) is 9.39. The van der Waals surface area contributed by atoms with Gasteiger partial charge in [0.15, 0.2) is 0 Å². The molecule has 0 aliphatic rings. The van der Waals surface area contributed by atoms with Gasteiger partial charge < -0.3 is 15.0 Å². The molecule has 0 aliphatic carbocycles. The SMILES string of the molecule is O=C([O-])c1cc(C(=O)O)cc(S(=O)(=O)O)c1.[Li+]. The van der Waals surface area contributed by atoms with Crippen LogP contribution in [0, 0.1) is 0 Å². The summed E-state index contributed by atoms with van der Waals surface area (Å²) in [5.41, 5.74) is -1.22. The number of hydrogen-bond acceptors (Lipinski definition) is 5. The maximum Gasteiger partial charge on any atom is 1.00 e. The van der Waals surface area contributed by atoms with Gasteiger partial charge in [-0.2, -0.15) is 8.42 Å². The molecule has 86 valence electrons. The largest absolute Gasteiger partial charge is 1.00 e. The molecule has 0 spiro atoms. The van der Waals surface area contributed by atoms with Crippen molar-refractivity contribution in [3.63, 3.8) is 0 Å². The summed E-state index contributed by atoms with van der Waals surface area (Å²) in [6, 6.07) is 1.98. The summed E-state index contributed by atoms with van der Waals surface area (Å²) in [4.78, 5) is 20.2. The zero-order chi connectivity index (χ0) is 12.5. The summed E-state index contributed by atoms with van der Waals surface area (Å²) < 4.78 is 30.1. The Labute approximate surface area is 108 Å². The van der Waals surface area contributed by atoms with Crippen molar-refractivity contribution in [2.45, 2.75) is 4.90 Å². The van der Waals surface area contributed by atoms with E-state index >= 15 is 0 Å². The number of rotatable bonds is 3. The quantitative estimate of drug-likeness (QED) is 0.413. The molecule has 17 heavy (non-hydrogen) atoms. The van der Waals surface area contributed by atoms with Crippen LogP contribution in [0.1, 0.15) is 20.7 Å². The Kier molecular flexibility index (Phi) is 4.91. The van der Waals surface area contributed by atoms with Gasteiger partial charge in [-0.15, -0.1) is 0 Å². The van der Waals surface area contributed by atoms with Crippen LogP contribution in [0.2, 0.25) is 0 Å². The number of hydrogen-bond donors (Lipinski definition) is 2. The second-order valence-corrected chi connectivity index (χ2v) is 4.24. The van der Waals surface area contributed by atoms with Crippen molar-refractivity contribution in [3.05, 3.63) is 29.3 Å². The summed E-state index contributed by atoms with van der Waals surface area (Å²) in [6.45, 7) is 0. The smallest absolute Gasteiger partial charge is 0.545 e. The van der Waals surface area contributed by atoms with E-state index in [1.807, 2.05) is 0 Å². The average Bonchev–Trinajstić information content (AvgIpc) is 2.15. The standard InChI is InChI=1S/C8H6O7S.Li/c9-7(10)4-1-5(8(11)12)3-6(2-4)16(13,14)15;/h1-3H,(H,9,10)(H,11,12)(H,13,14,15);/q;+1/p-1. The normalized spacial score (nSPS) is 10.4. The Morgan fingerprint density at radius 1 is 1.12 bits per heavy atom. The molecule has 0 heterocycles. The van der Waals surface area contributed by atoms with Crippen molar-refractivity contribution < 1.29 is 51.6 Å². The van der Waals surface area contributed by atoms with Gasteiger partial charge in [-0.05, 0) is 23.8 Å². The van der Waals surface area contributed by atoms with Crippen molar-refractivity contribution in [1.82, 2.24) is 0 Å². The van der Waals surface area contributed by atoms with Crippen molar-refractivity contribution in [1.29, 1.82) is 0 Å². The number of carbonyl (C=O) groups excluding carboxylic acids is 1. The molecule has 0 radical (unpaired) electrons. The van der Waals surface area contributed by atoms with E-state index in [1.165, 1.54) is 0 Å². The second kappa shape index (κ2) is 5.33. The Bertz CT molecular complexity index is 531. The van der Waals surface area contributed by atoms with Crippen molar-refractivity contribution >= 4 is 22.1 Å². The van der Waals surface area contributed by atoms with E-state index in [0.717, 1.165) is 6.07 Å². The molecule has 9 heteroatoms. The zero-order valence-electron chi connectivity index (χ0n) is 8.58. The molecular formula is C8H5LiO7S. The minimum absolute atomic E-state index is 0. The second-order valence-electron chi connectivity index (χ2n) is 2.81. The number of benzene rings is 1. The predicted octanol–water partition coefficient (Wildman–Crippen LogP) is -4.00. The molecule has 0 bridgehead atoms. The van der Waals surface area contributed by atoms with Gasteiger partial charge in [0.1, 0.15) is 0 Å². The van der Waals surface area contributed by atoms with Gasteiger partial charge in [0, 0.05) is 0 Å². The van der Waals surface area contributed by atoms with Crippen LogP contribution in [-0.4, -0.2) is 30.0 Å². The van der Waals surface area contributed by atoms with E-state index in [-0.39, 0.29) is 18.9 Å². The Hall–Kier alpha value is -1.33. The van der Waals surface area contributed by atoms with Gasteiger partial charge in [-0.1, -0.05) is 0 Å². The molecule has 0 aromatic heterocycles. The molecule has 0 saturated carbocycles. The van der Waals surface area contributed by atoms with Crippen LogP contribution >= 0.6 is 0 Å². The van der Waals surface area contributed by atoms with E-state index < -0.39 is 38.1 Å². The monoisotopic (exact) mass is 252 g/mol. The minimum Gasteiger partial charge on any atom is -0.545 e.